The van der Waals surface area contributed by atoms with Crippen molar-refractivity contribution < 1.29 is 9.53 Å². The molecule has 2 N–H and O–H groups in total. The molecular weight excluding hydrogens is 352 g/mol. The molecule has 28 heavy (non-hydrogen) atoms. The lowest BCUT2D eigenvalue weighted by Crippen LogP contribution is -2.31. The van der Waals surface area contributed by atoms with Crippen molar-refractivity contribution in [2.75, 3.05) is 12.4 Å². The van der Waals surface area contributed by atoms with Crippen molar-refractivity contribution in [3.8, 4) is 17.1 Å². The molecule has 0 aliphatic rings. The number of nitrogens with zero attached hydrogens (tertiary/aromatic N) is 2. The molecule has 2 aromatic carbocycles. The van der Waals surface area contributed by atoms with E-state index in [1.54, 1.807) is 13.2 Å². The molecule has 3 rings (SSSR count). The van der Waals surface area contributed by atoms with E-state index in [0.717, 1.165) is 16.8 Å². The van der Waals surface area contributed by atoms with E-state index >= 15 is 0 Å². The van der Waals surface area contributed by atoms with Gasteiger partial charge in [-0.25, -0.2) is 9.97 Å². The number of nitrogens with one attached hydrogen (secondary N) is 2. The van der Waals surface area contributed by atoms with E-state index in [1.807, 2.05) is 69.3 Å². The highest BCUT2D eigenvalue weighted by molar-refractivity contribution is 5.93. The number of methoxy groups -OCH3 is 1. The Morgan fingerprint density at radius 2 is 1.79 bits per heavy atom. The fourth-order valence-electron chi connectivity index (χ4n) is 2.74. The Bertz CT molecular complexity index is 972. The van der Waals surface area contributed by atoms with Gasteiger partial charge in [-0.3, -0.25) is 4.79 Å². The van der Waals surface area contributed by atoms with Gasteiger partial charge in [0.15, 0.2) is 5.82 Å². The molecule has 0 radical (unpaired) electrons. The van der Waals surface area contributed by atoms with Gasteiger partial charge in [0.25, 0.3) is 5.91 Å². The summed E-state index contributed by atoms with van der Waals surface area (Å²) in [7, 11) is 1.62. The molecule has 1 amide bonds. The maximum absolute atomic E-state index is 12.6. The first-order valence-electron chi connectivity index (χ1n) is 9.13. The molecule has 144 valence electrons. The third-order valence-corrected chi connectivity index (χ3v) is 4.03. The number of aryl methyl sites for hydroxylation is 1. The van der Waals surface area contributed by atoms with Crippen LogP contribution in [0.2, 0.25) is 0 Å². The van der Waals surface area contributed by atoms with Crippen LogP contribution in [0.3, 0.4) is 0 Å². The van der Waals surface area contributed by atoms with Crippen LogP contribution in [0.5, 0.6) is 5.75 Å². The topological polar surface area (TPSA) is 76.1 Å². The van der Waals surface area contributed by atoms with Crippen LogP contribution < -0.4 is 15.4 Å². The number of aromatic nitrogens is 2. The van der Waals surface area contributed by atoms with Gasteiger partial charge >= 0.3 is 0 Å². The van der Waals surface area contributed by atoms with E-state index < -0.39 is 0 Å². The van der Waals surface area contributed by atoms with Crippen molar-refractivity contribution in [3.05, 3.63) is 65.9 Å². The first-order chi connectivity index (χ1) is 13.5. The molecule has 1 aromatic heterocycles. The minimum absolute atomic E-state index is 0.0101. The van der Waals surface area contributed by atoms with E-state index in [1.165, 1.54) is 0 Å². The smallest absolute Gasteiger partial charge is 0.270 e. The average molecular weight is 376 g/mol. The third kappa shape index (κ3) is 4.65. The van der Waals surface area contributed by atoms with Crippen LogP contribution in [-0.4, -0.2) is 29.0 Å². The maximum atomic E-state index is 12.6. The van der Waals surface area contributed by atoms with E-state index in [9.17, 15) is 4.79 Å². The molecule has 0 spiro atoms. The molecule has 6 heteroatoms. The first kappa shape index (κ1) is 19.4. The maximum Gasteiger partial charge on any atom is 0.270 e. The number of ether oxygens (including phenoxy) is 1. The Morgan fingerprint density at radius 3 is 2.46 bits per heavy atom. The van der Waals surface area contributed by atoms with Gasteiger partial charge in [-0.15, -0.1) is 0 Å². The standard InChI is InChI=1S/C22H24N4O2/c1-14(2)23-22(27)18-13-20(24-17-12-15(3)10-11-19(17)28-4)26-21(25-18)16-8-6-5-7-9-16/h5-14H,1-4H3,(H,23,27)(H,24,25,26). The third-order valence-electron chi connectivity index (χ3n) is 4.03. The van der Waals surface area contributed by atoms with Crippen LogP contribution in [0.25, 0.3) is 11.4 Å². The zero-order chi connectivity index (χ0) is 20.1. The van der Waals surface area contributed by atoms with Crippen molar-refractivity contribution in [3.63, 3.8) is 0 Å². The molecule has 3 aromatic rings. The van der Waals surface area contributed by atoms with E-state index in [4.69, 9.17) is 4.74 Å². The van der Waals surface area contributed by atoms with Crippen LogP contribution in [0.1, 0.15) is 29.9 Å². The summed E-state index contributed by atoms with van der Waals surface area (Å²) in [5.41, 5.74) is 2.99. The Kier molecular flexibility index (Phi) is 5.89. The van der Waals surface area contributed by atoms with E-state index in [0.29, 0.717) is 23.1 Å². The Morgan fingerprint density at radius 1 is 1.04 bits per heavy atom. The van der Waals surface area contributed by atoms with Gasteiger partial charge in [0.2, 0.25) is 0 Å². The molecule has 1 heterocycles. The van der Waals surface area contributed by atoms with Crippen LogP contribution >= 0.6 is 0 Å². The second-order valence-electron chi connectivity index (χ2n) is 6.78. The molecule has 0 atom stereocenters. The molecule has 6 nitrogen and oxygen atoms in total. The van der Waals surface area contributed by atoms with Gasteiger partial charge < -0.3 is 15.4 Å². The first-order valence-corrected chi connectivity index (χ1v) is 9.13. The van der Waals surface area contributed by atoms with Gasteiger partial charge in [0.1, 0.15) is 17.3 Å². The SMILES string of the molecule is COc1ccc(C)cc1Nc1cc(C(=O)NC(C)C)nc(-c2ccccc2)n1. The molecule has 0 aliphatic heterocycles. The minimum atomic E-state index is -0.242. The van der Waals surface area contributed by atoms with Crippen molar-refractivity contribution in [1.29, 1.82) is 0 Å². The lowest BCUT2D eigenvalue weighted by Gasteiger charge is -2.14. The summed E-state index contributed by atoms with van der Waals surface area (Å²) in [4.78, 5) is 21.6. The molecule has 0 unspecified atom stereocenters. The summed E-state index contributed by atoms with van der Waals surface area (Å²) < 4.78 is 5.43. The zero-order valence-corrected chi connectivity index (χ0v) is 16.5. The lowest BCUT2D eigenvalue weighted by molar-refractivity contribution is 0.0938. The fraction of sp³-hybridized carbons (Fsp3) is 0.227. The molecule has 0 saturated carbocycles. The van der Waals surface area contributed by atoms with Crippen LogP contribution in [0, 0.1) is 6.92 Å². The average Bonchev–Trinajstić information content (AvgIpc) is 2.68. The number of carbonyl (C=O) groups is 1. The predicted octanol–water partition coefficient (Wildman–Crippen LogP) is 4.34. The van der Waals surface area contributed by atoms with Gasteiger partial charge in [-0.1, -0.05) is 36.4 Å². The summed E-state index contributed by atoms with van der Waals surface area (Å²) in [5.74, 6) is 1.45. The van der Waals surface area contributed by atoms with Gasteiger partial charge in [0, 0.05) is 17.7 Å². The number of anilines is 2. The van der Waals surface area contributed by atoms with Gasteiger partial charge in [-0.05, 0) is 38.5 Å². The number of amides is 1. The van der Waals surface area contributed by atoms with Crippen molar-refractivity contribution >= 4 is 17.4 Å². The normalized spacial score (nSPS) is 10.6. The van der Waals surface area contributed by atoms with E-state index in [2.05, 4.69) is 20.6 Å². The minimum Gasteiger partial charge on any atom is -0.495 e. The second kappa shape index (κ2) is 8.52. The zero-order valence-electron chi connectivity index (χ0n) is 16.5. The second-order valence-corrected chi connectivity index (χ2v) is 6.78. The number of hydrogen-bond acceptors (Lipinski definition) is 5. The number of rotatable bonds is 6. The van der Waals surface area contributed by atoms with Crippen LogP contribution in [0.4, 0.5) is 11.5 Å². The Hall–Kier alpha value is -3.41. The van der Waals surface area contributed by atoms with Crippen molar-refractivity contribution in [2.24, 2.45) is 0 Å². The molecular formula is C22H24N4O2. The highest BCUT2D eigenvalue weighted by Gasteiger charge is 2.15. The Balaban J connectivity index is 2.05. The highest BCUT2D eigenvalue weighted by Crippen LogP contribution is 2.29. The largest absolute Gasteiger partial charge is 0.495 e. The monoisotopic (exact) mass is 376 g/mol. The van der Waals surface area contributed by atoms with Crippen molar-refractivity contribution in [1.82, 2.24) is 15.3 Å². The fourth-order valence-corrected chi connectivity index (χ4v) is 2.74. The highest BCUT2D eigenvalue weighted by atomic mass is 16.5. The number of carbonyl (C=O) groups excluding carboxylic acids is 1. The molecule has 0 fully saturated rings. The lowest BCUT2D eigenvalue weighted by atomic mass is 10.2. The van der Waals surface area contributed by atoms with E-state index in [-0.39, 0.29) is 11.9 Å². The summed E-state index contributed by atoms with van der Waals surface area (Å²) >= 11 is 0. The number of hydrogen-bond donors (Lipinski definition) is 2. The molecule has 0 aliphatic carbocycles. The summed E-state index contributed by atoms with van der Waals surface area (Å²) in [6.45, 7) is 5.82. The van der Waals surface area contributed by atoms with Crippen LogP contribution in [0.15, 0.2) is 54.6 Å². The molecule has 0 bridgehead atoms. The summed E-state index contributed by atoms with van der Waals surface area (Å²) in [5, 5.41) is 6.15. The summed E-state index contributed by atoms with van der Waals surface area (Å²) in [6.07, 6.45) is 0. The Labute approximate surface area is 165 Å². The van der Waals surface area contributed by atoms with Gasteiger partial charge in [0.05, 0.1) is 12.8 Å². The number of benzene rings is 2. The van der Waals surface area contributed by atoms with Gasteiger partial charge in [-0.2, -0.15) is 0 Å². The quantitative estimate of drug-likeness (QED) is 0.669. The summed E-state index contributed by atoms with van der Waals surface area (Å²) in [6, 6.07) is 17.1. The van der Waals surface area contributed by atoms with Crippen LogP contribution in [-0.2, 0) is 0 Å². The van der Waals surface area contributed by atoms with Crippen molar-refractivity contribution in [2.45, 2.75) is 26.8 Å². The molecule has 0 saturated heterocycles. The predicted molar refractivity (Wildman–Crippen MR) is 111 cm³/mol.